The number of hydrogen-bond acceptors (Lipinski definition) is 3. The van der Waals surface area contributed by atoms with Crippen LogP contribution in [-0.2, 0) is 14.3 Å². The number of morpholine rings is 1. The standard InChI is InChI=1S/C11H18N2O3/c1-11(2)7-13(3-4-16-11)10(15)8-5-9(14)12-6-8/h8H,3-7H2,1-2H3,(H,12,14). The van der Waals surface area contributed by atoms with Gasteiger partial charge in [0.05, 0.1) is 18.1 Å². The molecule has 0 aromatic rings. The second-order valence-electron chi connectivity index (χ2n) is 5.07. The van der Waals surface area contributed by atoms with Crippen LogP contribution in [-0.4, -0.2) is 48.6 Å². The number of carbonyl (C=O) groups is 2. The highest BCUT2D eigenvalue weighted by atomic mass is 16.5. The molecule has 5 nitrogen and oxygen atoms in total. The van der Waals surface area contributed by atoms with Gasteiger partial charge in [0.2, 0.25) is 11.8 Å². The maximum Gasteiger partial charge on any atom is 0.228 e. The Bertz CT molecular complexity index is 314. The lowest BCUT2D eigenvalue weighted by Crippen LogP contribution is -2.52. The largest absolute Gasteiger partial charge is 0.372 e. The summed E-state index contributed by atoms with van der Waals surface area (Å²) >= 11 is 0. The summed E-state index contributed by atoms with van der Waals surface area (Å²) in [6, 6.07) is 0. The molecular formula is C11H18N2O3. The minimum absolute atomic E-state index is 0.0223. The molecule has 2 saturated heterocycles. The summed E-state index contributed by atoms with van der Waals surface area (Å²) in [7, 11) is 0. The van der Waals surface area contributed by atoms with E-state index in [0.717, 1.165) is 0 Å². The highest BCUT2D eigenvalue weighted by molar-refractivity contribution is 5.89. The first-order chi connectivity index (χ1) is 7.48. The fourth-order valence-corrected chi connectivity index (χ4v) is 2.24. The number of nitrogens with zero attached hydrogens (tertiary/aromatic N) is 1. The van der Waals surface area contributed by atoms with Crippen LogP contribution in [0.3, 0.4) is 0 Å². The summed E-state index contributed by atoms with van der Waals surface area (Å²) in [5, 5.41) is 2.69. The van der Waals surface area contributed by atoms with Gasteiger partial charge in [0.15, 0.2) is 0 Å². The minimum atomic E-state index is -0.274. The number of nitrogens with one attached hydrogen (secondary N) is 1. The van der Waals surface area contributed by atoms with Crippen molar-refractivity contribution in [2.75, 3.05) is 26.2 Å². The average molecular weight is 226 g/mol. The van der Waals surface area contributed by atoms with Gasteiger partial charge >= 0.3 is 0 Å². The van der Waals surface area contributed by atoms with Crippen LogP contribution in [0.4, 0.5) is 0 Å². The molecular weight excluding hydrogens is 208 g/mol. The Balaban J connectivity index is 1.96. The first kappa shape index (κ1) is 11.4. The Kier molecular flexibility index (Phi) is 2.88. The highest BCUT2D eigenvalue weighted by Gasteiger charge is 2.36. The van der Waals surface area contributed by atoms with Gasteiger partial charge in [0, 0.05) is 26.1 Å². The molecule has 2 aliphatic heterocycles. The van der Waals surface area contributed by atoms with Crippen LogP contribution in [0.1, 0.15) is 20.3 Å². The van der Waals surface area contributed by atoms with Gasteiger partial charge in [-0.1, -0.05) is 0 Å². The zero-order valence-corrected chi connectivity index (χ0v) is 9.78. The molecule has 1 N–H and O–H groups in total. The smallest absolute Gasteiger partial charge is 0.228 e. The lowest BCUT2D eigenvalue weighted by molar-refractivity contribution is -0.149. The van der Waals surface area contributed by atoms with Crippen molar-refractivity contribution < 1.29 is 14.3 Å². The zero-order chi connectivity index (χ0) is 11.8. The number of ether oxygens (including phenoxy) is 1. The van der Waals surface area contributed by atoms with Gasteiger partial charge in [-0.15, -0.1) is 0 Å². The fraction of sp³-hybridized carbons (Fsp3) is 0.818. The van der Waals surface area contributed by atoms with Gasteiger partial charge < -0.3 is 15.0 Å². The van der Waals surface area contributed by atoms with Gasteiger partial charge in [-0.05, 0) is 13.8 Å². The van der Waals surface area contributed by atoms with Crippen LogP contribution >= 0.6 is 0 Å². The Morgan fingerprint density at radius 2 is 2.31 bits per heavy atom. The van der Waals surface area contributed by atoms with Crippen molar-refractivity contribution >= 4 is 11.8 Å². The molecule has 2 fully saturated rings. The third-order valence-corrected chi connectivity index (χ3v) is 3.06. The topological polar surface area (TPSA) is 58.6 Å². The second kappa shape index (κ2) is 4.05. The molecule has 2 aliphatic rings. The van der Waals surface area contributed by atoms with E-state index >= 15 is 0 Å². The van der Waals surface area contributed by atoms with E-state index in [-0.39, 0.29) is 23.3 Å². The van der Waals surface area contributed by atoms with Crippen molar-refractivity contribution in [3.8, 4) is 0 Å². The molecule has 90 valence electrons. The molecule has 2 amide bonds. The van der Waals surface area contributed by atoms with Crippen molar-refractivity contribution in [1.82, 2.24) is 10.2 Å². The van der Waals surface area contributed by atoms with Crippen LogP contribution in [0, 0.1) is 5.92 Å². The summed E-state index contributed by atoms with van der Waals surface area (Å²) in [5.41, 5.74) is -0.274. The number of carbonyl (C=O) groups excluding carboxylic acids is 2. The maximum absolute atomic E-state index is 12.1. The summed E-state index contributed by atoms with van der Waals surface area (Å²) in [5.74, 6) is -0.123. The molecule has 1 unspecified atom stereocenters. The molecule has 2 rings (SSSR count). The predicted octanol–water partition coefficient (Wildman–Crippen LogP) is -0.240. The number of rotatable bonds is 1. The lowest BCUT2D eigenvalue weighted by Gasteiger charge is -2.39. The Morgan fingerprint density at radius 3 is 2.88 bits per heavy atom. The van der Waals surface area contributed by atoms with Crippen LogP contribution in [0.15, 0.2) is 0 Å². The normalized spacial score (nSPS) is 29.0. The molecule has 0 spiro atoms. The van der Waals surface area contributed by atoms with Gasteiger partial charge in [-0.25, -0.2) is 0 Å². The molecule has 0 aliphatic carbocycles. The summed E-state index contributed by atoms with van der Waals surface area (Å²) in [4.78, 5) is 25.0. The second-order valence-corrected chi connectivity index (χ2v) is 5.07. The van der Waals surface area contributed by atoms with Crippen molar-refractivity contribution in [2.24, 2.45) is 5.92 Å². The predicted molar refractivity (Wildman–Crippen MR) is 57.7 cm³/mol. The Labute approximate surface area is 95.1 Å². The third kappa shape index (κ3) is 2.35. The van der Waals surface area contributed by atoms with Gasteiger partial charge in [-0.3, -0.25) is 9.59 Å². The molecule has 16 heavy (non-hydrogen) atoms. The molecule has 0 aromatic heterocycles. The zero-order valence-electron chi connectivity index (χ0n) is 9.78. The van der Waals surface area contributed by atoms with E-state index in [1.54, 1.807) is 0 Å². The summed E-state index contributed by atoms with van der Waals surface area (Å²) in [6.45, 7) is 6.25. The van der Waals surface area contributed by atoms with Gasteiger partial charge in [0.25, 0.3) is 0 Å². The summed E-state index contributed by atoms with van der Waals surface area (Å²) in [6.07, 6.45) is 0.330. The molecule has 0 bridgehead atoms. The fourth-order valence-electron chi connectivity index (χ4n) is 2.24. The van der Waals surface area contributed by atoms with E-state index < -0.39 is 0 Å². The van der Waals surface area contributed by atoms with Crippen LogP contribution < -0.4 is 5.32 Å². The quantitative estimate of drug-likeness (QED) is 0.671. The highest BCUT2D eigenvalue weighted by Crippen LogP contribution is 2.20. The Hall–Kier alpha value is -1.10. The number of amides is 2. The molecule has 0 aromatic carbocycles. The monoisotopic (exact) mass is 226 g/mol. The SMILES string of the molecule is CC1(C)CN(C(=O)C2CNC(=O)C2)CCO1. The van der Waals surface area contributed by atoms with E-state index in [0.29, 0.717) is 32.7 Å². The van der Waals surface area contributed by atoms with E-state index in [2.05, 4.69) is 5.32 Å². The van der Waals surface area contributed by atoms with E-state index in [9.17, 15) is 9.59 Å². The van der Waals surface area contributed by atoms with Crippen molar-refractivity contribution in [2.45, 2.75) is 25.9 Å². The first-order valence-corrected chi connectivity index (χ1v) is 5.67. The van der Waals surface area contributed by atoms with Gasteiger partial charge in [-0.2, -0.15) is 0 Å². The molecule has 0 radical (unpaired) electrons. The van der Waals surface area contributed by atoms with E-state index in [1.165, 1.54) is 0 Å². The first-order valence-electron chi connectivity index (χ1n) is 5.67. The summed E-state index contributed by atoms with van der Waals surface area (Å²) < 4.78 is 5.55. The third-order valence-electron chi connectivity index (χ3n) is 3.06. The van der Waals surface area contributed by atoms with Crippen molar-refractivity contribution in [1.29, 1.82) is 0 Å². The van der Waals surface area contributed by atoms with E-state index in [4.69, 9.17) is 4.74 Å². The lowest BCUT2D eigenvalue weighted by atomic mass is 10.0. The molecule has 1 atom stereocenters. The van der Waals surface area contributed by atoms with Crippen LogP contribution in [0.25, 0.3) is 0 Å². The molecule has 5 heteroatoms. The maximum atomic E-state index is 12.1. The van der Waals surface area contributed by atoms with Gasteiger partial charge in [0.1, 0.15) is 0 Å². The van der Waals surface area contributed by atoms with Crippen molar-refractivity contribution in [3.63, 3.8) is 0 Å². The van der Waals surface area contributed by atoms with Crippen LogP contribution in [0.2, 0.25) is 0 Å². The molecule has 0 saturated carbocycles. The van der Waals surface area contributed by atoms with Crippen LogP contribution in [0.5, 0.6) is 0 Å². The van der Waals surface area contributed by atoms with E-state index in [1.807, 2.05) is 18.7 Å². The van der Waals surface area contributed by atoms with Crippen molar-refractivity contribution in [3.05, 3.63) is 0 Å². The average Bonchev–Trinajstić information content (AvgIpc) is 2.62. The molecule has 2 heterocycles. The minimum Gasteiger partial charge on any atom is -0.372 e. The number of hydrogen-bond donors (Lipinski definition) is 1. The Morgan fingerprint density at radius 1 is 1.56 bits per heavy atom.